The van der Waals surface area contributed by atoms with E-state index in [1.807, 2.05) is 11.8 Å². The molecule has 0 fully saturated rings. The molecule has 0 aliphatic carbocycles. The summed E-state index contributed by atoms with van der Waals surface area (Å²) in [6, 6.07) is 6.40. The maximum Gasteiger partial charge on any atom is 0.0588 e. The van der Waals surface area contributed by atoms with E-state index in [0.717, 1.165) is 12.2 Å². The van der Waals surface area contributed by atoms with Crippen LogP contribution in [0.25, 0.3) is 0 Å². The van der Waals surface area contributed by atoms with E-state index in [9.17, 15) is 0 Å². The molecule has 2 atom stereocenters. The minimum absolute atomic E-state index is 0.0721. The van der Waals surface area contributed by atoms with Crippen LogP contribution in [0.2, 0.25) is 0 Å². The summed E-state index contributed by atoms with van der Waals surface area (Å²) in [7, 11) is 0. The van der Waals surface area contributed by atoms with Crippen LogP contribution in [0.3, 0.4) is 0 Å². The minimum atomic E-state index is -0.119. The fraction of sp³-hybridized carbons (Fsp3) is 0.500. The van der Waals surface area contributed by atoms with Crippen molar-refractivity contribution in [2.24, 2.45) is 5.73 Å². The molecule has 0 bridgehead atoms. The van der Waals surface area contributed by atoms with Crippen molar-refractivity contribution in [1.29, 1.82) is 0 Å². The highest BCUT2D eigenvalue weighted by molar-refractivity contribution is 7.99. The second-order valence-corrected chi connectivity index (χ2v) is 5.27. The number of rotatable bonds is 2. The van der Waals surface area contributed by atoms with Crippen LogP contribution in [-0.4, -0.2) is 23.5 Å². The third-order valence-electron chi connectivity index (χ3n) is 2.98. The molecular weight excluding hydrogens is 206 g/mol. The molecule has 1 aliphatic rings. The number of nitrogens with two attached hydrogens (primary N) is 1. The topological polar surface area (TPSA) is 46.2 Å². The zero-order valence-corrected chi connectivity index (χ0v) is 9.76. The van der Waals surface area contributed by atoms with Gasteiger partial charge in [-0.2, -0.15) is 0 Å². The van der Waals surface area contributed by atoms with Gasteiger partial charge in [-0.15, -0.1) is 11.8 Å². The lowest BCUT2D eigenvalue weighted by molar-refractivity contribution is 0.246. The number of aliphatic hydroxyl groups excluding tert-OH is 1. The fourth-order valence-electron chi connectivity index (χ4n) is 2.11. The molecule has 0 aromatic heterocycles. The van der Waals surface area contributed by atoms with E-state index >= 15 is 0 Å². The second-order valence-electron chi connectivity index (χ2n) is 4.13. The monoisotopic (exact) mass is 223 g/mol. The van der Waals surface area contributed by atoms with Crippen molar-refractivity contribution in [1.82, 2.24) is 0 Å². The Labute approximate surface area is 94.9 Å². The summed E-state index contributed by atoms with van der Waals surface area (Å²) >= 11 is 1.89. The predicted molar refractivity (Wildman–Crippen MR) is 64.3 cm³/mol. The van der Waals surface area contributed by atoms with Crippen LogP contribution >= 0.6 is 11.8 Å². The van der Waals surface area contributed by atoms with Gasteiger partial charge in [0.1, 0.15) is 0 Å². The molecule has 1 aromatic carbocycles. The average Bonchev–Trinajstić information content (AvgIpc) is 2.27. The number of aliphatic hydroxyl groups is 1. The van der Waals surface area contributed by atoms with E-state index in [1.165, 1.54) is 16.0 Å². The van der Waals surface area contributed by atoms with Gasteiger partial charge in [0.05, 0.1) is 6.61 Å². The zero-order valence-electron chi connectivity index (χ0n) is 8.94. The van der Waals surface area contributed by atoms with Crippen LogP contribution in [0.4, 0.5) is 0 Å². The van der Waals surface area contributed by atoms with Crippen LogP contribution in [0.15, 0.2) is 23.1 Å². The fourth-order valence-corrected chi connectivity index (χ4v) is 3.25. The summed E-state index contributed by atoms with van der Waals surface area (Å²) in [5.41, 5.74) is 8.55. The first-order chi connectivity index (χ1) is 7.22. The Hall–Kier alpha value is -0.510. The van der Waals surface area contributed by atoms with Crippen LogP contribution in [-0.2, 0) is 0 Å². The Morgan fingerprint density at radius 3 is 3.13 bits per heavy atom. The number of hydrogen-bond acceptors (Lipinski definition) is 3. The van der Waals surface area contributed by atoms with Gasteiger partial charge in [0, 0.05) is 16.9 Å². The highest BCUT2D eigenvalue weighted by Crippen LogP contribution is 2.39. The lowest BCUT2D eigenvalue weighted by atomic mass is 9.88. The molecule has 3 N–H and O–H groups in total. The Morgan fingerprint density at radius 2 is 2.40 bits per heavy atom. The van der Waals surface area contributed by atoms with Gasteiger partial charge in [0.15, 0.2) is 0 Å². The molecule has 15 heavy (non-hydrogen) atoms. The van der Waals surface area contributed by atoms with E-state index in [-0.39, 0.29) is 12.6 Å². The predicted octanol–water partition coefficient (Wildman–Crippen LogP) is 1.89. The first-order valence-electron chi connectivity index (χ1n) is 5.32. The molecule has 0 radical (unpaired) electrons. The summed E-state index contributed by atoms with van der Waals surface area (Å²) in [4.78, 5) is 1.33. The highest BCUT2D eigenvalue weighted by Gasteiger charge is 2.25. The minimum Gasteiger partial charge on any atom is -0.395 e. The third-order valence-corrected chi connectivity index (χ3v) is 4.10. The summed E-state index contributed by atoms with van der Waals surface area (Å²) in [6.07, 6.45) is 1.07. The van der Waals surface area contributed by atoms with Crippen molar-refractivity contribution in [3.8, 4) is 0 Å². The van der Waals surface area contributed by atoms with Gasteiger partial charge in [-0.25, -0.2) is 0 Å². The van der Waals surface area contributed by atoms with Crippen LogP contribution in [0, 0.1) is 6.92 Å². The standard InChI is InChI=1S/C12H17NOS/c1-8-2-3-12-10(6-8)9(4-5-15-12)11(13)7-14/h2-3,6,9,11,14H,4-5,7,13H2,1H3. The summed E-state index contributed by atoms with van der Waals surface area (Å²) < 4.78 is 0. The van der Waals surface area contributed by atoms with Gasteiger partial charge in [-0.05, 0) is 30.7 Å². The van der Waals surface area contributed by atoms with Crippen molar-refractivity contribution < 1.29 is 5.11 Å². The van der Waals surface area contributed by atoms with E-state index < -0.39 is 0 Å². The molecule has 1 aliphatic heterocycles. The second kappa shape index (κ2) is 4.56. The molecule has 1 aromatic rings. The zero-order chi connectivity index (χ0) is 10.8. The van der Waals surface area contributed by atoms with Crippen LogP contribution < -0.4 is 5.73 Å². The van der Waals surface area contributed by atoms with Crippen LogP contribution in [0.5, 0.6) is 0 Å². The summed E-state index contributed by atoms with van der Waals surface area (Å²) in [6.45, 7) is 2.17. The summed E-state index contributed by atoms with van der Waals surface area (Å²) in [5, 5.41) is 9.15. The van der Waals surface area contributed by atoms with Gasteiger partial charge in [-0.3, -0.25) is 0 Å². The molecule has 2 rings (SSSR count). The van der Waals surface area contributed by atoms with E-state index in [2.05, 4.69) is 25.1 Å². The molecule has 0 saturated heterocycles. The first-order valence-corrected chi connectivity index (χ1v) is 6.30. The van der Waals surface area contributed by atoms with E-state index in [0.29, 0.717) is 5.92 Å². The third kappa shape index (κ3) is 2.19. The Kier molecular flexibility index (Phi) is 3.34. The lowest BCUT2D eigenvalue weighted by Crippen LogP contribution is -2.33. The molecule has 0 amide bonds. The molecule has 0 spiro atoms. The molecule has 0 saturated carbocycles. The number of hydrogen-bond donors (Lipinski definition) is 2. The van der Waals surface area contributed by atoms with E-state index in [4.69, 9.17) is 10.8 Å². The average molecular weight is 223 g/mol. The number of aryl methyl sites for hydroxylation is 1. The van der Waals surface area contributed by atoms with Gasteiger partial charge >= 0.3 is 0 Å². The molecule has 1 heterocycles. The van der Waals surface area contributed by atoms with Gasteiger partial charge < -0.3 is 10.8 Å². The van der Waals surface area contributed by atoms with Crippen molar-refractivity contribution in [3.63, 3.8) is 0 Å². The maximum atomic E-state index is 9.15. The molecule has 3 heteroatoms. The van der Waals surface area contributed by atoms with Crippen molar-refractivity contribution in [2.45, 2.75) is 30.2 Å². The SMILES string of the molecule is Cc1ccc2c(c1)C(C(N)CO)CCS2. The molecule has 82 valence electrons. The van der Waals surface area contributed by atoms with Gasteiger partial charge in [0.2, 0.25) is 0 Å². The van der Waals surface area contributed by atoms with Crippen molar-refractivity contribution in [3.05, 3.63) is 29.3 Å². The largest absolute Gasteiger partial charge is 0.395 e. The molecule has 2 nitrogen and oxygen atoms in total. The number of fused-ring (bicyclic) bond motifs is 1. The number of thioether (sulfide) groups is 1. The normalized spacial score (nSPS) is 22.2. The quantitative estimate of drug-likeness (QED) is 0.805. The van der Waals surface area contributed by atoms with Crippen molar-refractivity contribution in [2.75, 3.05) is 12.4 Å². The smallest absolute Gasteiger partial charge is 0.0588 e. The van der Waals surface area contributed by atoms with Gasteiger partial charge in [0.25, 0.3) is 0 Å². The summed E-state index contributed by atoms with van der Waals surface area (Å²) in [5.74, 6) is 1.43. The Morgan fingerprint density at radius 1 is 1.60 bits per heavy atom. The van der Waals surface area contributed by atoms with Crippen LogP contribution in [0.1, 0.15) is 23.5 Å². The Balaban J connectivity index is 2.36. The maximum absolute atomic E-state index is 9.15. The van der Waals surface area contributed by atoms with Gasteiger partial charge in [-0.1, -0.05) is 17.7 Å². The van der Waals surface area contributed by atoms with E-state index in [1.54, 1.807) is 0 Å². The van der Waals surface area contributed by atoms with Crippen molar-refractivity contribution >= 4 is 11.8 Å². The highest BCUT2D eigenvalue weighted by atomic mass is 32.2. The lowest BCUT2D eigenvalue weighted by Gasteiger charge is -2.29. The number of benzene rings is 1. The molecule has 2 unspecified atom stereocenters. The first kappa shape index (κ1) is 11.0. The Bertz CT molecular complexity index is 353. The molecular formula is C12H17NOS.